The number of nitrogens with zero attached hydrogens (tertiary/aromatic N) is 2. The molecule has 1 saturated carbocycles. The Morgan fingerprint density at radius 1 is 1.28 bits per heavy atom. The maximum absolute atomic E-state index is 6.26. The number of hydrogen-bond acceptors (Lipinski definition) is 4. The molecule has 3 unspecified atom stereocenters. The molecule has 2 rings (SSSR count). The zero-order chi connectivity index (χ0) is 13.2. The monoisotopic (exact) mass is 265 g/mol. The molecule has 0 amide bonds. The lowest BCUT2D eigenvalue weighted by molar-refractivity contribution is 0.174. The molecule has 1 aromatic rings. The highest BCUT2D eigenvalue weighted by Gasteiger charge is 2.35. The fraction of sp³-hybridized carbons (Fsp3) is 0.714. The average Bonchev–Trinajstić information content (AvgIpc) is 2.32. The van der Waals surface area contributed by atoms with E-state index in [1.54, 1.807) is 24.2 Å². The van der Waals surface area contributed by atoms with E-state index in [4.69, 9.17) is 5.73 Å². The normalized spacial score (nSPS) is 29.2. The van der Waals surface area contributed by atoms with Crippen LogP contribution in [0.4, 0.5) is 0 Å². The largest absolute Gasteiger partial charge is 0.327 e. The first kappa shape index (κ1) is 13.8. The second-order valence-electron chi connectivity index (χ2n) is 6.24. The molecule has 0 radical (unpaired) electrons. The summed E-state index contributed by atoms with van der Waals surface area (Å²) in [5, 5.41) is 1.46. The lowest BCUT2D eigenvalue weighted by Gasteiger charge is -2.40. The Bertz CT molecular complexity index is 374. The third-order valence-corrected chi connectivity index (χ3v) is 5.18. The Hall–Kier alpha value is -0.610. The molecule has 3 atom stereocenters. The highest BCUT2D eigenvalue weighted by atomic mass is 32.2. The average molecular weight is 265 g/mol. The SMILES string of the molecule is CC(C)(C)C1CCC(N)C(Sc2cnccn2)C1. The van der Waals surface area contributed by atoms with Gasteiger partial charge >= 0.3 is 0 Å². The topological polar surface area (TPSA) is 51.8 Å². The maximum atomic E-state index is 6.26. The van der Waals surface area contributed by atoms with E-state index < -0.39 is 0 Å². The van der Waals surface area contributed by atoms with Crippen LogP contribution in [0.1, 0.15) is 40.0 Å². The fourth-order valence-corrected chi connectivity index (χ4v) is 3.77. The van der Waals surface area contributed by atoms with E-state index in [1.807, 2.05) is 6.20 Å². The molecule has 100 valence electrons. The highest BCUT2D eigenvalue weighted by Crippen LogP contribution is 2.42. The van der Waals surface area contributed by atoms with Gasteiger partial charge in [0, 0.05) is 23.7 Å². The zero-order valence-corrected chi connectivity index (χ0v) is 12.3. The van der Waals surface area contributed by atoms with Crippen molar-refractivity contribution in [1.82, 2.24) is 9.97 Å². The van der Waals surface area contributed by atoms with Crippen molar-refractivity contribution in [1.29, 1.82) is 0 Å². The summed E-state index contributed by atoms with van der Waals surface area (Å²) < 4.78 is 0. The summed E-state index contributed by atoms with van der Waals surface area (Å²) in [6.07, 6.45) is 8.85. The molecule has 1 fully saturated rings. The lowest BCUT2D eigenvalue weighted by Crippen LogP contribution is -2.41. The Balaban J connectivity index is 2.02. The highest BCUT2D eigenvalue weighted by molar-refractivity contribution is 7.99. The van der Waals surface area contributed by atoms with Crippen LogP contribution in [0.2, 0.25) is 0 Å². The van der Waals surface area contributed by atoms with Crippen molar-refractivity contribution in [3.05, 3.63) is 18.6 Å². The van der Waals surface area contributed by atoms with Gasteiger partial charge in [-0.05, 0) is 30.6 Å². The second kappa shape index (κ2) is 5.57. The summed E-state index contributed by atoms with van der Waals surface area (Å²) in [4.78, 5) is 8.46. The molecule has 18 heavy (non-hydrogen) atoms. The number of nitrogens with two attached hydrogens (primary N) is 1. The summed E-state index contributed by atoms with van der Waals surface area (Å²) in [7, 11) is 0. The molecule has 2 N–H and O–H groups in total. The van der Waals surface area contributed by atoms with Gasteiger partial charge < -0.3 is 5.73 Å². The van der Waals surface area contributed by atoms with E-state index in [2.05, 4.69) is 30.7 Å². The molecule has 1 heterocycles. The van der Waals surface area contributed by atoms with Gasteiger partial charge in [-0.2, -0.15) is 0 Å². The number of rotatable bonds is 2. The van der Waals surface area contributed by atoms with Crippen molar-refractivity contribution < 1.29 is 0 Å². The van der Waals surface area contributed by atoms with E-state index in [1.165, 1.54) is 12.8 Å². The fourth-order valence-electron chi connectivity index (χ4n) is 2.58. The molecule has 1 aliphatic carbocycles. The summed E-state index contributed by atoms with van der Waals surface area (Å²) >= 11 is 1.79. The summed E-state index contributed by atoms with van der Waals surface area (Å²) in [6.45, 7) is 7.00. The third-order valence-electron chi connectivity index (χ3n) is 3.88. The Labute approximate surface area is 114 Å². The quantitative estimate of drug-likeness (QED) is 0.892. The minimum absolute atomic E-state index is 0.288. The molecule has 0 aliphatic heterocycles. The van der Waals surface area contributed by atoms with Crippen LogP contribution in [0.25, 0.3) is 0 Å². The van der Waals surface area contributed by atoms with Crippen LogP contribution in [-0.4, -0.2) is 21.3 Å². The molecular weight excluding hydrogens is 242 g/mol. The molecule has 3 nitrogen and oxygen atoms in total. The van der Waals surface area contributed by atoms with Crippen LogP contribution in [0.3, 0.4) is 0 Å². The van der Waals surface area contributed by atoms with Crippen molar-refractivity contribution >= 4 is 11.8 Å². The summed E-state index contributed by atoms with van der Waals surface area (Å²) in [5.74, 6) is 0.756. The predicted molar refractivity (Wildman–Crippen MR) is 76.4 cm³/mol. The Kier molecular flexibility index (Phi) is 4.28. The minimum atomic E-state index is 0.288. The molecule has 0 aromatic carbocycles. The van der Waals surface area contributed by atoms with Gasteiger partial charge in [-0.15, -0.1) is 0 Å². The number of thioether (sulfide) groups is 1. The lowest BCUT2D eigenvalue weighted by atomic mass is 9.71. The molecule has 0 bridgehead atoms. The molecule has 0 spiro atoms. The molecule has 4 heteroatoms. The molecule has 1 aromatic heterocycles. The van der Waals surface area contributed by atoms with Crippen LogP contribution in [0, 0.1) is 11.3 Å². The Morgan fingerprint density at radius 3 is 2.67 bits per heavy atom. The van der Waals surface area contributed by atoms with Crippen molar-refractivity contribution in [2.24, 2.45) is 17.1 Å². The smallest absolute Gasteiger partial charge is 0.115 e. The van der Waals surface area contributed by atoms with Gasteiger partial charge in [0.1, 0.15) is 5.03 Å². The van der Waals surface area contributed by atoms with E-state index >= 15 is 0 Å². The van der Waals surface area contributed by atoms with Gasteiger partial charge in [0.15, 0.2) is 0 Å². The van der Waals surface area contributed by atoms with Gasteiger partial charge in [-0.25, -0.2) is 4.98 Å². The van der Waals surface area contributed by atoms with Crippen LogP contribution < -0.4 is 5.73 Å². The molecule has 1 aliphatic rings. The zero-order valence-electron chi connectivity index (χ0n) is 11.5. The predicted octanol–water partition coefficient (Wildman–Crippen LogP) is 3.11. The van der Waals surface area contributed by atoms with Gasteiger partial charge in [0.05, 0.1) is 6.20 Å². The van der Waals surface area contributed by atoms with Crippen LogP contribution in [0.5, 0.6) is 0 Å². The molecule has 0 saturated heterocycles. The summed E-state index contributed by atoms with van der Waals surface area (Å²) in [5.41, 5.74) is 6.64. The minimum Gasteiger partial charge on any atom is -0.327 e. The first-order valence-electron chi connectivity index (χ1n) is 6.65. The van der Waals surface area contributed by atoms with Gasteiger partial charge in [0.2, 0.25) is 0 Å². The van der Waals surface area contributed by atoms with Crippen LogP contribution in [0.15, 0.2) is 23.6 Å². The van der Waals surface area contributed by atoms with Gasteiger partial charge in [-0.1, -0.05) is 32.5 Å². The second-order valence-corrected chi connectivity index (χ2v) is 7.50. The van der Waals surface area contributed by atoms with E-state index in [0.29, 0.717) is 10.7 Å². The van der Waals surface area contributed by atoms with Crippen LogP contribution >= 0.6 is 11.8 Å². The van der Waals surface area contributed by atoms with Crippen molar-refractivity contribution in [2.45, 2.75) is 56.4 Å². The van der Waals surface area contributed by atoms with Crippen LogP contribution in [-0.2, 0) is 0 Å². The van der Waals surface area contributed by atoms with Crippen molar-refractivity contribution in [2.75, 3.05) is 0 Å². The van der Waals surface area contributed by atoms with Gasteiger partial charge in [-0.3, -0.25) is 4.98 Å². The van der Waals surface area contributed by atoms with Crippen molar-refractivity contribution in [3.63, 3.8) is 0 Å². The molecular formula is C14H23N3S. The maximum Gasteiger partial charge on any atom is 0.115 e. The van der Waals surface area contributed by atoms with E-state index in [0.717, 1.165) is 17.4 Å². The Morgan fingerprint density at radius 2 is 2.06 bits per heavy atom. The van der Waals surface area contributed by atoms with E-state index in [9.17, 15) is 0 Å². The summed E-state index contributed by atoms with van der Waals surface area (Å²) in [6, 6.07) is 0.288. The van der Waals surface area contributed by atoms with Crippen molar-refractivity contribution in [3.8, 4) is 0 Å². The first-order chi connectivity index (χ1) is 8.47. The first-order valence-corrected chi connectivity index (χ1v) is 7.53. The van der Waals surface area contributed by atoms with Gasteiger partial charge in [0.25, 0.3) is 0 Å². The van der Waals surface area contributed by atoms with E-state index in [-0.39, 0.29) is 6.04 Å². The number of hydrogen-bond donors (Lipinski definition) is 1. The standard InChI is InChI=1S/C14H23N3S/c1-14(2,3)10-4-5-11(15)12(8-10)18-13-9-16-6-7-17-13/h6-7,9-12H,4-5,8,15H2,1-3H3. The number of aromatic nitrogens is 2. The third kappa shape index (κ3) is 3.45.